The Balaban J connectivity index is 1.82. The van der Waals surface area contributed by atoms with Gasteiger partial charge in [-0.05, 0) is 61.7 Å². The molecule has 0 aliphatic rings. The van der Waals surface area contributed by atoms with Gasteiger partial charge in [0.25, 0.3) is 5.91 Å². The molecule has 1 heterocycles. The number of hydrogen-bond donors (Lipinski definition) is 1. The molecular weight excluding hydrogens is 349 g/mol. The Hall–Kier alpha value is -2.79. The molecule has 0 saturated carbocycles. The highest BCUT2D eigenvalue weighted by molar-refractivity contribution is 7.14. The van der Waals surface area contributed by atoms with Crippen molar-refractivity contribution in [1.29, 1.82) is 0 Å². The number of halogens is 1. The van der Waals surface area contributed by atoms with Crippen LogP contribution in [0, 0.1) is 19.7 Å². The maximum Gasteiger partial charge on any atom is 0.258 e. The molecule has 132 valence electrons. The molecule has 0 unspecified atom stereocenters. The Kier molecular flexibility index (Phi) is 5.00. The maximum absolute atomic E-state index is 13.9. The zero-order valence-corrected chi connectivity index (χ0v) is 15.5. The van der Waals surface area contributed by atoms with Crippen molar-refractivity contribution in [1.82, 2.24) is 0 Å². The average molecular weight is 367 g/mol. The number of benzene rings is 2. The molecule has 0 saturated heterocycles. The molecule has 0 bridgehead atoms. The highest BCUT2D eigenvalue weighted by Gasteiger charge is 2.15. The number of ketones is 1. The normalized spacial score (nSPS) is 10.6. The summed E-state index contributed by atoms with van der Waals surface area (Å²) < 4.78 is 13.9. The monoisotopic (exact) mass is 367 g/mol. The van der Waals surface area contributed by atoms with Gasteiger partial charge >= 0.3 is 0 Å². The first-order chi connectivity index (χ1) is 12.4. The van der Waals surface area contributed by atoms with E-state index in [-0.39, 0.29) is 11.3 Å². The number of thiophene rings is 1. The van der Waals surface area contributed by atoms with E-state index in [9.17, 15) is 14.0 Å². The van der Waals surface area contributed by atoms with Gasteiger partial charge in [-0.1, -0.05) is 24.3 Å². The predicted octanol–water partition coefficient (Wildman–Crippen LogP) is 5.63. The van der Waals surface area contributed by atoms with Crippen LogP contribution in [0.2, 0.25) is 0 Å². The largest absolute Gasteiger partial charge is 0.322 e. The van der Waals surface area contributed by atoms with Gasteiger partial charge in [-0.15, -0.1) is 11.3 Å². The van der Waals surface area contributed by atoms with Crippen LogP contribution in [0.5, 0.6) is 0 Å². The van der Waals surface area contributed by atoms with E-state index in [0.29, 0.717) is 11.3 Å². The predicted molar refractivity (Wildman–Crippen MR) is 104 cm³/mol. The second-order valence-electron chi connectivity index (χ2n) is 6.10. The molecule has 0 atom stereocenters. The molecule has 1 aromatic heterocycles. The summed E-state index contributed by atoms with van der Waals surface area (Å²) in [5.74, 6) is -0.961. The van der Waals surface area contributed by atoms with Crippen LogP contribution in [0.15, 0.2) is 48.5 Å². The van der Waals surface area contributed by atoms with Crippen molar-refractivity contribution in [3.63, 3.8) is 0 Å². The SMILES string of the molecule is CC(=O)c1cc(-c2ccc(NC(=O)c3c(C)cccc3F)cc2)c(C)s1. The Morgan fingerprint density at radius 1 is 1.04 bits per heavy atom. The molecule has 0 spiro atoms. The van der Waals surface area contributed by atoms with Gasteiger partial charge in [0, 0.05) is 10.6 Å². The van der Waals surface area contributed by atoms with Crippen LogP contribution in [0.25, 0.3) is 11.1 Å². The first kappa shape index (κ1) is 18.0. The lowest BCUT2D eigenvalue weighted by Crippen LogP contribution is -2.15. The number of aryl methyl sites for hydroxylation is 2. The molecule has 0 radical (unpaired) electrons. The molecule has 1 N–H and O–H groups in total. The summed E-state index contributed by atoms with van der Waals surface area (Å²) in [6.45, 7) is 5.23. The Morgan fingerprint density at radius 2 is 1.73 bits per heavy atom. The minimum absolute atomic E-state index is 0.0495. The van der Waals surface area contributed by atoms with Crippen molar-refractivity contribution in [2.24, 2.45) is 0 Å². The van der Waals surface area contributed by atoms with Crippen molar-refractivity contribution in [3.8, 4) is 11.1 Å². The van der Waals surface area contributed by atoms with Crippen molar-refractivity contribution in [3.05, 3.63) is 75.2 Å². The molecule has 3 rings (SSSR count). The van der Waals surface area contributed by atoms with Gasteiger partial charge in [-0.2, -0.15) is 0 Å². The van der Waals surface area contributed by atoms with Gasteiger partial charge in [-0.25, -0.2) is 4.39 Å². The number of Topliss-reactive ketones (excluding diaryl/α,β-unsaturated/α-hetero) is 1. The Bertz CT molecular complexity index is 969. The van der Waals surface area contributed by atoms with E-state index < -0.39 is 11.7 Å². The topological polar surface area (TPSA) is 46.2 Å². The number of nitrogens with one attached hydrogen (secondary N) is 1. The number of carbonyl (C=O) groups excluding carboxylic acids is 2. The third-order valence-electron chi connectivity index (χ3n) is 4.17. The minimum atomic E-state index is -0.537. The second kappa shape index (κ2) is 7.22. The fourth-order valence-electron chi connectivity index (χ4n) is 2.79. The standard InChI is InChI=1S/C21H18FNO2S/c1-12-5-4-6-18(22)20(12)21(25)23-16-9-7-15(8-10-16)17-11-19(13(2)24)26-14(17)3/h4-11H,1-3H3,(H,23,25). The number of rotatable bonds is 4. The van der Waals surface area contributed by atoms with Gasteiger partial charge in [-0.3, -0.25) is 9.59 Å². The van der Waals surface area contributed by atoms with E-state index in [2.05, 4.69) is 5.32 Å². The van der Waals surface area contributed by atoms with Crippen LogP contribution in [-0.4, -0.2) is 11.7 Å². The lowest BCUT2D eigenvalue weighted by molar-refractivity contribution is 0.101. The Labute approximate surface area is 155 Å². The van der Waals surface area contributed by atoms with E-state index >= 15 is 0 Å². The molecule has 0 aliphatic carbocycles. The van der Waals surface area contributed by atoms with Crippen LogP contribution in [0.1, 0.15) is 37.4 Å². The maximum atomic E-state index is 13.9. The average Bonchev–Trinajstić information content (AvgIpc) is 2.97. The van der Waals surface area contributed by atoms with Crippen molar-refractivity contribution in [2.45, 2.75) is 20.8 Å². The van der Waals surface area contributed by atoms with E-state index in [1.165, 1.54) is 17.4 Å². The summed E-state index contributed by atoms with van der Waals surface area (Å²) in [7, 11) is 0. The van der Waals surface area contributed by atoms with Gasteiger partial charge in [0.05, 0.1) is 10.4 Å². The summed E-state index contributed by atoms with van der Waals surface area (Å²) in [4.78, 5) is 25.7. The molecule has 0 aliphatic heterocycles. The second-order valence-corrected chi connectivity index (χ2v) is 7.36. The summed E-state index contributed by atoms with van der Waals surface area (Å²) in [6.07, 6.45) is 0. The van der Waals surface area contributed by atoms with Crippen LogP contribution >= 0.6 is 11.3 Å². The van der Waals surface area contributed by atoms with Crippen molar-refractivity contribution < 1.29 is 14.0 Å². The summed E-state index contributed by atoms with van der Waals surface area (Å²) in [6, 6.07) is 13.7. The highest BCUT2D eigenvalue weighted by atomic mass is 32.1. The lowest BCUT2D eigenvalue weighted by Gasteiger charge is -2.09. The third kappa shape index (κ3) is 3.58. The van der Waals surface area contributed by atoms with E-state index in [1.54, 1.807) is 38.1 Å². The van der Waals surface area contributed by atoms with Crippen LogP contribution in [-0.2, 0) is 0 Å². The number of carbonyl (C=O) groups is 2. The minimum Gasteiger partial charge on any atom is -0.322 e. The zero-order chi connectivity index (χ0) is 18.8. The number of hydrogen-bond acceptors (Lipinski definition) is 3. The third-order valence-corrected chi connectivity index (χ3v) is 5.32. The van der Waals surface area contributed by atoms with Crippen molar-refractivity contribution in [2.75, 3.05) is 5.32 Å². The van der Waals surface area contributed by atoms with Crippen LogP contribution in [0.3, 0.4) is 0 Å². The van der Waals surface area contributed by atoms with Gasteiger partial charge in [0.1, 0.15) is 5.82 Å². The summed E-state index contributed by atoms with van der Waals surface area (Å²) in [5.41, 5.74) is 3.19. The van der Waals surface area contributed by atoms with Gasteiger partial charge in [0.2, 0.25) is 0 Å². The molecule has 3 nitrogen and oxygen atoms in total. The van der Waals surface area contributed by atoms with Gasteiger partial charge in [0.15, 0.2) is 5.78 Å². The zero-order valence-electron chi connectivity index (χ0n) is 14.7. The van der Waals surface area contributed by atoms with Crippen LogP contribution < -0.4 is 5.32 Å². The summed E-state index contributed by atoms with van der Waals surface area (Å²) >= 11 is 1.47. The number of anilines is 1. The Morgan fingerprint density at radius 3 is 2.31 bits per heavy atom. The molecule has 5 heteroatoms. The van der Waals surface area contributed by atoms with Crippen molar-refractivity contribution >= 4 is 28.7 Å². The first-order valence-corrected chi connectivity index (χ1v) is 8.96. The first-order valence-electron chi connectivity index (χ1n) is 8.15. The highest BCUT2D eigenvalue weighted by Crippen LogP contribution is 2.32. The molecule has 3 aromatic rings. The number of amides is 1. The van der Waals surface area contributed by atoms with E-state index in [1.807, 2.05) is 25.1 Å². The molecule has 0 fully saturated rings. The molecule has 1 amide bonds. The molecular formula is C21H18FNO2S. The summed E-state index contributed by atoms with van der Waals surface area (Å²) in [5, 5.41) is 2.73. The smallest absolute Gasteiger partial charge is 0.258 e. The fourth-order valence-corrected chi connectivity index (χ4v) is 3.73. The molecule has 2 aromatic carbocycles. The quantitative estimate of drug-likeness (QED) is 0.608. The lowest BCUT2D eigenvalue weighted by atomic mass is 10.0. The molecule has 26 heavy (non-hydrogen) atoms. The van der Waals surface area contributed by atoms with Gasteiger partial charge < -0.3 is 5.32 Å². The van der Waals surface area contributed by atoms with E-state index in [0.717, 1.165) is 20.9 Å². The van der Waals surface area contributed by atoms with E-state index in [4.69, 9.17) is 0 Å². The van der Waals surface area contributed by atoms with Crippen LogP contribution in [0.4, 0.5) is 10.1 Å². The fraction of sp³-hybridized carbons (Fsp3) is 0.143.